The summed E-state index contributed by atoms with van der Waals surface area (Å²) in [6, 6.07) is 12.8. The van der Waals surface area contributed by atoms with Crippen LogP contribution in [0.15, 0.2) is 55.0 Å². The number of carbonyl (C=O) groups is 1. The fourth-order valence-electron chi connectivity index (χ4n) is 1.73. The molecule has 1 aromatic carbocycles. The highest BCUT2D eigenvalue weighted by molar-refractivity contribution is 5.99. The molecule has 0 radical (unpaired) electrons. The first-order chi connectivity index (χ1) is 8.36. The Balaban J connectivity index is 2.14. The second-order valence-electron chi connectivity index (χ2n) is 3.62. The van der Waals surface area contributed by atoms with Crippen LogP contribution >= 0.6 is 0 Å². The maximum absolute atomic E-state index is 12.2. The lowest BCUT2D eigenvalue weighted by atomic mass is 10.3. The molecule has 0 aliphatic heterocycles. The summed E-state index contributed by atoms with van der Waals surface area (Å²) in [5, 5.41) is 0. The minimum Gasteiger partial charge on any atom is -0.266 e. The third-order valence-electron chi connectivity index (χ3n) is 2.56. The summed E-state index contributed by atoms with van der Waals surface area (Å²) >= 11 is 0. The molecule has 0 bridgehead atoms. The van der Waals surface area contributed by atoms with Crippen molar-refractivity contribution in [1.82, 2.24) is 14.5 Å². The Morgan fingerprint density at radius 3 is 2.65 bits per heavy atom. The van der Waals surface area contributed by atoms with Crippen molar-refractivity contribution in [1.29, 1.82) is 0 Å². The molecule has 0 aliphatic carbocycles. The molecule has 0 spiro atoms. The van der Waals surface area contributed by atoms with Gasteiger partial charge in [0.1, 0.15) is 12.0 Å². The Hall–Kier alpha value is -2.49. The van der Waals surface area contributed by atoms with Crippen molar-refractivity contribution in [2.45, 2.75) is 0 Å². The number of aromatic nitrogens is 3. The predicted octanol–water partition coefficient (Wildman–Crippen LogP) is 2.12. The average Bonchev–Trinajstić information content (AvgIpc) is 2.83. The molecule has 17 heavy (non-hydrogen) atoms. The second-order valence-corrected chi connectivity index (χ2v) is 3.62. The first-order valence-corrected chi connectivity index (χ1v) is 5.24. The van der Waals surface area contributed by atoms with Gasteiger partial charge in [0.2, 0.25) is 0 Å². The molecular formula is C13H9N3O. The monoisotopic (exact) mass is 223 g/mol. The second kappa shape index (κ2) is 3.83. The van der Waals surface area contributed by atoms with Gasteiger partial charge in [-0.25, -0.2) is 4.98 Å². The summed E-state index contributed by atoms with van der Waals surface area (Å²) < 4.78 is 1.51. The van der Waals surface area contributed by atoms with Crippen molar-refractivity contribution in [3.8, 4) is 0 Å². The molecule has 0 saturated heterocycles. The van der Waals surface area contributed by atoms with Gasteiger partial charge in [0.15, 0.2) is 0 Å². The average molecular weight is 223 g/mol. The number of nitrogens with zero attached hydrogens (tertiary/aromatic N) is 3. The lowest BCUT2D eigenvalue weighted by Gasteiger charge is -2.01. The van der Waals surface area contributed by atoms with Crippen LogP contribution in [0.25, 0.3) is 11.0 Å². The van der Waals surface area contributed by atoms with E-state index in [4.69, 9.17) is 0 Å². The maximum atomic E-state index is 12.2. The lowest BCUT2D eigenvalue weighted by molar-refractivity contribution is 0.0959. The fourth-order valence-corrected chi connectivity index (χ4v) is 1.73. The van der Waals surface area contributed by atoms with Crippen molar-refractivity contribution in [3.63, 3.8) is 0 Å². The lowest BCUT2D eigenvalue weighted by Crippen LogP contribution is -2.12. The molecule has 2 heterocycles. The van der Waals surface area contributed by atoms with Gasteiger partial charge in [-0.05, 0) is 24.3 Å². The molecule has 0 saturated carbocycles. The maximum Gasteiger partial charge on any atom is 0.282 e. The van der Waals surface area contributed by atoms with E-state index in [1.807, 2.05) is 24.3 Å². The largest absolute Gasteiger partial charge is 0.282 e. The number of pyridine rings is 1. The molecule has 2 aromatic heterocycles. The summed E-state index contributed by atoms with van der Waals surface area (Å²) in [7, 11) is 0. The first kappa shape index (κ1) is 9.72. The van der Waals surface area contributed by atoms with Gasteiger partial charge in [0.05, 0.1) is 11.0 Å². The fraction of sp³-hybridized carbons (Fsp3) is 0. The predicted molar refractivity (Wildman–Crippen MR) is 63.7 cm³/mol. The van der Waals surface area contributed by atoms with Crippen LogP contribution < -0.4 is 0 Å². The van der Waals surface area contributed by atoms with Gasteiger partial charge in [-0.3, -0.25) is 14.3 Å². The molecule has 3 aromatic rings. The number of hydrogen-bond acceptors (Lipinski definition) is 3. The van der Waals surface area contributed by atoms with Crippen molar-refractivity contribution in [2.24, 2.45) is 0 Å². The number of para-hydroxylation sites is 2. The molecule has 0 amide bonds. The summed E-state index contributed by atoms with van der Waals surface area (Å²) in [5.41, 5.74) is 2.01. The number of hydrogen-bond donors (Lipinski definition) is 0. The third kappa shape index (κ3) is 1.59. The zero-order chi connectivity index (χ0) is 11.7. The third-order valence-corrected chi connectivity index (χ3v) is 2.56. The zero-order valence-electron chi connectivity index (χ0n) is 8.95. The van der Waals surface area contributed by atoms with Crippen molar-refractivity contribution in [3.05, 3.63) is 60.7 Å². The van der Waals surface area contributed by atoms with Crippen LogP contribution in [0.5, 0.6) is 0 Å². The number of fused-ring (bicyclic) bond motifs is 1. The van der Waals surface area contributed by atoms with Crippen LogP contribution in [0.4, 0.5) is 0 Å². The summed E-state index contributed by atoms with van der Waals surface area (Å²) in [6.45, 7) is 0. The number of imidazole rings is 1. The Labute approximate surface area is 97.6 Å². The smallest absolute Gasteiger partial charge is 0.266 e. The molecular weight excluding hydrogens is 214 g/mol. The Morgan fingerprint density at radius 2 is 1.82 bits per heavy atom. The van der Waals surface area contributed by atoms with Gasteiger partial charge in [-0.2, -0.15) is 0 Å². The molecule has 0 unspecified atom stereocenters. The topological polar surface area (TPSA) is 47.8 Å². The van der Waals surface area contributed by atoms with E-state index in [1.165, 1.54) is 10.9 Å². The highest BCUT2D eigenvalue weighted by atomic mass is 16.2. The van der Waals surface area contributed by atoms with Gasteiger partial charge in [0.25, 0.3) is 5.91 Å². The number of benzene rings is 1. The van der Waals surface area contributed by atoms with E-state index < -0.39 is 0 Å². The molecule has 3 rings (SSSR count). The van der Waals surface area contributed by atoms with Crippen molar-refractivity contribution >= 4 is 16.9 Å². The SMILES string of the molecule is O=C(c1ccccn1)n1cnc2ccccc21. The molecule has 0 aliphatic rings. The zero-order valence-corrected chi connectivity index (χ0v) is 8.95. The highest BCUT2D eigenvalue weighted by Gasteiger charge is 2.12. The summed E-state index contributed by atoms with van der Waals surface area (Å²) in [6.07, 6.45) is 3.13. The molecule has 0 N–H and O–H groups in total. The van der Waals surface area contributed by atoms with Crippen molar-refractivity contribution in [2.75, 3.05) is 0 Å². The van der Waals surface area contributed by atoms with E-state index in [-0.39, 0.29) is 5.91 Å². The van der Waals surface area contributed by atoms with Crippen molar-refractivity contribution < 1.29 is 4.79 Å². The highest BCUT2D eigenvalue weighted by Crippen LogP contribution is 2.13. The van der Waals surface area contributed by atoms with Crippen LogP contribution in [0.2, 0.25) is 0 Å². The van der Waals surface area contributed by atoms with Gasteiger partial charge in [-0.1, -0.05) is 18.2 Å². The van der Waals surface area contributed by atoms with Crippen LogP contribution in [0.1, 0.15) is 10.5 Å². The number of rotatable bonds is 1. The van der Waals surface area contributed by atoms with E-state index in [0.29, 0.717) is 5.69 Å². The first-order valence-electron chi connectivity index (χ1n) is 5.24. The van der Waals surface area contributed by atoms with E-state index >= 15 is 0 Å². The minimum absolute atomic E-state index is 0.167. The van der Waals surface area contributed by atoms with E-state index in [2.05, 4.69) is 9.97 Å². The molecule has 4 heteroatoms. The molecule has 82 valence electrons. The number of carbonyl (C=O) groups excluding carboxylic acids is 1. The van der Waals surface area contributed by atoms with Crippen LogP contribution in [-0.2, 0) is 0 Å². The standard InChI is InChI=1S/C13H9N3O/c17-13(11-6-3-4-8-14-11)16-9-15-10-5-1-2-7-12(10)16/h1-9H. The van der Waals surface area contributed by atoms with Gasteiger partial charge in [0, 0.05) is 6.20 Å². The summed E-state index contributed by atoms with van der Waals surface area (Å²) in [4.78, 5) is 20.4. The van der Waals surface area contributed by atoms with Gasteiger partial charge in [-0.15, -0.1) is 0 Å². The Bertz CT molecular complexity index is 673. The minimum atomic E-state index is -0.167. The normalized spacial score (nSPS) is 10.6. The molecule has 4 nitrogen and oxygen atoms in total. The molecule has 0 atom stereocenters. The quantitative estimate of drug-likeness (QED) is 0.634. The van der Waals surface area contributed by atoms with E-state index in [1.54, 1.807) is 24.4 Å². The van der Waals surface area contributed by atoms with Crippen LogP contribution in [0.3, 0.4) is 0 Å². The summed E-state index contributed by atoms with van der Waals surface area (Å²) in [5.74, 6) is -0.167. The Kier molecular flexibility index (Phi) is 2.19. The van der Waals surface area contributed by atoms with Gasteiger partial charge < -0.3 is 0 Å². The van der Waals surface area contributed by atoms with Crippen LogP contribution in [-0.4, -0.2) is 20.4 Å². The van der Waals surface area contributed by atoms with Gasteiger partial charge >= 0.3 is 0 Å². The Morgan fingerprint density at radius 1 is 1.00 bits per heavy atom. The van der Waals surface area contributed by atoms with Crippen LogP contribution in [0, 0.1) is 0 Å². The van der Waals surface area contributed by atoms with E-state index in [0.717, 1.165) is 11.0 Å². The molecule has 0 fully saturated rings. The van der Waals surface area contributed by atoms with E-state index in [9.17, 15) is 4.79 Å².